The highest BCUT2D eigenvalue weighted by atomic mass is 16.2. The Morgan fingerprint density at radius 1 is 1.24 bits per heavy atom. The molecule has 1 amide bonds. The van der Waals surface area contributed by atoms with Gasteiger partial charge in [0.25, 0.3) is 0 Å². The summed E-state index contributed by atoms with van der Waals surface area (Å²) in [4.78, 5) is 13.9. The summed E-state index contributed by atoms with van der Waals surface area (Å²) in [6.45, 7) is 12.8. The Balaban J connectivity index is 2.44. The Bertz CT molecular complexity index is 278. The molecular weight excluding hydrogens is 210 g/mol. The van der Waals surface area contributed by atoms with E-state index < -0.39 is 0 Å². The zero-order valence-electron chi connectivity index (χ0n) is 12.0. The first kappa shape index (κ1) is 14.3. The zero-order valence-corrected chi connectivity index (χ0v) is 12.0. The average Bonchev–Trinajstić information content (AvgIpc) is 2.25. The third kappa shape index (κ3) is 4.93. The number of hydrogen-bond acceptors (Lipinski definition) is 1. The summed E-state index contributed by atoms with van der Waals surface area (Å²) in [5.41, 5.74) is 0.0892. The van der Waals surface area contributed by atoms with Crippen molar-refractivity contribution in [2.45, 2.75) is 47.5 Å². The standard InChI is InChI=1S/C15H27NO/c1-12(2)13-7-10-16(11-8-13)14(17)6-9-15(3,4)5/h6,9,12-13H,7-8,10-11H2,1-5H3/b9-6+. The minimum Gasteiger partial charge on any atom is -0.339 e. The number of piperidine rings is 1. The van der Waals surface area contributed by atoms with Crippen LogP contribution in [0.5, 0.6) is 0 Å². The number of likely N-dealkylation sites (tertiary alicyclic amines) is 1. The number of hydrogen-bond donors (Lipinski definition) is 0. The highest BCUT2D eigenvalue weighted by molar-refractivity contribution is 5.87. The molecule has 98 valence electrons. The van der Waals surface area contributed by atoms with Crippen LogP contribution in [0.25, 0.3) is 0 Å². The lowest BCUT2D eigenvalue weighted by Gasteiger charge is -2.33. The van der Waals surface area contributed by atoms with E-state index in [9.17, 15) is 4.79 Å². The molecule has 2 nitrogen and oxygen atoms in total. The van der Waals surface area contributed by atoms with Gasteiger partial charge in [0.1, 0.15) is 0 Å². The van der Waals surface area contributed by atoms with Crippen LogP contribution >= 0.6 is 0 Å². The van der Waals surface area contributed by atoms with E-state index in [4.69, 9.17) is 0 Å². The molecule has 0 saturated carbocycles. The highest BCUT2D eigenvalue weighted by Gasteiger charge is 2.23. The second kappa shape index (κ2) is 5.70. The summed E-state index contributed by atoms with van der Waals surface area (Å²) >= 11 is 0. The summed E-state index contributed by atoms with van der Waals surface area (Å²) in [5, 5.41) is 0. The molecule has 2 heteroatoms. The minimum atomic E-state index is 0.0892. The SMILES string of the molecule is CC(C)C1CCN(C(=O)/C=C/C(C)(C)C)CC1. The molecule has 1 fully saturated rings. The number of allylic oxidation sites excluding steroid dienone is 1. The molecule has 0 aromatic carbocycles. The van der Waals surface area contributed by atoms with Crippen molar-refractivity contribution in [2.24, 2.45) is 17.3 Å². The summed E-state index contributed by atoms with van der Waals surface area (Å²) in [6.07, 6.45) is 6.07. The van der Waals surface area contributed by atoms with Crippen LogP contribution in [0.1, 0.15) is 47.5 Å². The topological polar surface area (TPSA) is 20.3 Å². The highest BCUT2D eigenvalue weighted by Crippen LogP contribution is 2.24. The van der Waals surface area contributed by atoms with Crippen LogP contribution in [0, 0.1) is 17.3 Å². The molecule has 0 N–H and O–H groups in total. The molecule has 0 aliphatic carbocycles. The Morgan fingerprint density at radius 2 is 1.76 bits per heavy atom. The van der Waals surface area contributed by atoms with Crippen molar-refractivity contribution < 1.29 is 4.79 Å². The molecule has 0 radical (unpaired) electrons. The van der Waals surface area contributed by atoms with Gasteiger partial charge in [0, 0.05) is 13.1 Å². The average molecular weight is 237 g/mol. The number of rotatable bonds is 2. The summed E-state index contributed by atoms with van der Waals surface area (Å²) in [6, 6.07) is 0. The smallest absolute Gasteiger partial charge is 0.246 e. The third-order valence-electron chi connectivity index (χ3n) is 3.52. The van der Waals surface area contributed by atoms with Crippen molar-refractivity contribution in [1.29, 1.82) is 0 Å². The lowest BCUT2D eigenvalue weighted by atomic mass is 9.86. The summed E-state index contributed by atoms with van der Waals surface area (Å²) < 4.78 is 0. The molecule has 0 spiro atoms. The summed E-state index contributed by atoms with van der Waals surface area (Å²) in [5.74, 6) is 1.73. The quantitative estimate of drug-likeness (QED) is 0.673. The lowest BCUT2D eigenvalue weighted by molar-refractivity contribution is -0.127. The summed E-state index contributed by atoms with van der Waals surface area (Å²) in [7, 11) is 0. The van der Waals surface area contributed by atoms with E-state index >= 15 is 0 Å². The largest absolute Gasteiger partial charge is 0.339 e. The Labute approximate surface area is 106 Å². The molecule has 1 aliphatic rings. The van der Waals surface area contributed by atoms with E-state index in [-0.39, 0.29) is 11.3 Å². The van der Waals surface area contributed by atoms with Gasteiger partial charge in [-0.25, -0.2) is 0 Å². The molecule has 1 heterocycles. The first-order chi connectivity index (χ1) is 7.79. The fourth-order valence-electron chi connectivity index (χ4n) is 2.21. The lowest BCUT2D eigenvalue weighted by Crippen LogP contribution is -2.38. The number of carbonyl (C=O) groups is 1. The maximum atomic E-state index is 12.0. The fraction of sp³-hybridized carbons (Fsp3) is 0.800. The second-order valence-electron chi connectivity index (χ2n) is 6.61. The van der Waals surface area contributed by atoms with Crippen molar-refractivity contribution in [1.82, 2.24) is 4.90 Å². The monoisotopic (exact) mass is 237 g/mol. The molecule has 0 aromatic rings. The van der Waals surface area contributed by atoms with Crippen molar-refractivity contribution in [3.63, 3.8) is 0 Å². The van der Waals surface area contributed by atoms with Crippen LogP contribution in [0.15, 0.2) is 12.2 Å². The Morgan fingerprint density at radius 3 is 2.18 bits per heavy atom. The maximum Gasteiger partial charge on any atom is 0.246 e. The van der Waals surface area contributed by atoms with E-state index in [0.29, 0.717) is 0 Å². The van der Waals surface area contributed by atoms with Gasteiger partial charge in [-0.05, 0) is 36.2 Å². The van der Waals surface area contributed by atoms with Crippen LogP contribution in [0.3, 0.4) is 0 Å². The van der Waals surface area contributed by atoms with E-state index in [2.05, 4.69) is 34.6 Å². The maximum absolute atomic E-state index is 12.0. The fourth-order valence-corrected chi connectivity index (χ4v) is 2.21. The van der Waals surface area contributed by atoms with Crippen LogP contribution < -0.4 is 0 Å². The van der Waals surface area contributed by atoms with Crippen LogP contribution in [0.2, 0.25) is 0 Å². The van der Waals surface area contributed by atoms with Crippen molar-refractivity contribution in [2.75, 3.05) is 13.1 Å². The van der Waals surface area contributed by atoms with E-state index in [1.165, 1.54) is 0 Å². The van der Waals surface area contributed by atoms with Gasteiger partial charge < -0.3 is 4.90 Å². The number of amides is 1. The molecule has 1 aliphatic heterocycles. The first-order valence-electron chi connectivity index (χ1n) is 6.78. The molecule has 0 unspecified atom stereocenters. The van der Waals surface area contributed by atoms with Gasteiger partial charge in [0.05, 0.1) is 0 Å². The van der Waals surface area contributed by atoms with Gasteiger partial charge in [-0.1, -0.05) is 40.7 Å². The number of nitrogens with zero attached hydrogens (tertiary/aromatic N) is 1. The number of carbonyl (C=O) groups excluding carboxylic acids is 1. The van der Waals surface area contributed by atoms with Crippen molar-refractivity contribution in [3.05, 3.63) is 12.2 Å². The normalized spacial score (nSPS) is 19.3. The van der Waals surface area contributed by atoms with Gasteiger partial charge in [0.15, 0.2) is 0 Å². The first-order valence-corrected chi connectivity index (χ1v) is 6.78. The van der Waals surface area contributed by atoms with E-state index in [1.54, 1.807) is 6.08 Å². The van der Waals surface area contributed by atoms with Gasteiger partial charge >= 0.3 is 0 Å². The predicted molar refractivity (Wildman–Crippen MR) is 72.7 cm³/mol. The zero-order chi connectivity index (χ0) is 13.1. The Hall–Kier alpha value is -0.790. The van der Waals surface area contributed by atoms with Gasteiger partial charge in [-0.15, -0.1) is 0 Å². The second-order valence-corrected chi connectivity index (χ2v) is 6.61. The van der Waals surface area contributed by atoms with Crippen LogP contribution in [0.4, 0.5) is 0 Å². The third-order valence-corrected chi connectivity index (χ3v) is 3.52. The van der Waals surface area contributed by atoms with Crippen LogP contribution in [-0.4, -0.2) is 23.9 Å². The molecule has 1 rings (SSSR count). The molecule has 1 saturated heterocycles. The van der Waals surface area contributed by atoms with E-state index in [1.807, 2.05) is 11.0 Å². The van der Waals surface area contributed by atoms with Gasteiger partial charge in [-0.2, -0.15) is 0 Å². The predicted octanol–water partition coefficient (Wildman–Crippen LogP) is 3.48. The van der Waals surface area contributed by atoms with E-state index in [0.717, 1.165) is 37.8 Å². The molecule has 0 atom stereocenters. The van der Waals surface area contributed by atoms with Crippen molar-refractivity contribution in [3.8, 4) is 0 Å². The Kier molecular flexibility index (Phi) is 4.79. The minimum absolute atomic E-state index is 0.0892. The van der Waals surface area contributed by atoms with Crippen molar-refractivity contribution >= 4 is 5.91 Å². The molecule has 0 bridgehead atoms. The van der Waals surface area contributed by atoms with Crippen LogP contribution in [-0.2, 0) is 4.79 Å². The van der Waals surface area contributed by atoms with Gasteiger partial charge in [-0.3, -0.25) is 4.79 Å². The van der Waals surface area contributed by atoms with Gasteiger partial charge in [0.2, 0.25) is 5.91 Å². The molecular formula is C15H27NO. The molecule has 17 heavy (non-hydrogen) atoms. The molecule has 0 aromatic heterocycles.